The lowest BCUT2D eigenvalue weighted by molar-refractivity contribution is 0.421. The van der Waals surface area contributed by atoms with Gasteiger partial charge in [-0.15, -0.1) is 0 Å². The topological polar surface area (TPSA) is 12.0 Å². The van der Waals surface area contributed by atoms with Crippen molar-refractivity contribution in [3.05, 3.63) is 34.9 Å². The predicted octanol–water partition coefficient (Wildman–Crippen LogP) is 3.87. The van der Waals surface area contributed by atoms with Crippen molar-refractivity contribution in [1.82, 2.24) is 5.32 Å². The van der Waals surface area contributed by atoms with E-state index in [0.29, 0.717) is 6.04 Å². The number of rotatable bonds is 6. The third kappa shape index (κ3) is 4.51. The highest BCUT2D eigenvalue weighted by molar-refractivity contribution is 5.33. The van der Waals surface area contributed by atoms with Gasteiger partial charge in [0.05, 0.1) is 0 Å². The van der Waals surface area contributed by atoms with Crippen LogP contribution in [-0.4, -0.2) is 13.1 Å². The summed E-state index contributed by atoms with van der Waals surface area (Å²) in [7, 11) is 2.08. The number of hydrogen-bond donors (Lipinski definition) is 1. The lowest BCUT2D eigenvalue weighted by Gasteiger charge is -2.19. The van der Waals surface area contributed by atoms with Crippen LogP contribution in [0.2, 0.25) is 0 Å². The van der Waals surface area contributed by atoms with Crippen LogP contribution in [0.3, 0.4) is 0 Å². The van der Waals surface area contributed by atoms with Crippen LogP contribution in [0.15, 0.2) is 18.2 Å². The van der Waals surface area contributed by atoms with E-state index in [9.17, 15) is 0 Å². The largest absolute Gasteiger partial charge is 0.317 e. The maximum absolute atomic E-state index is 3.44. The standard InChI is InChI=1S/C16H27N/c1-12(2)11-15(17-5)9-10-16-13(3)7-6-8-14(16)4/h6-8,12,15,17H,9-11H2,1-5H3. The van der Waals surface area contributed by atoms with E-state index in [-0.39, 0.29) is 0 Å². The molecular formula is C16H27N. The highest BCUT2D eigenvalue weighted by Gasteiger charge is 2.10. The summed E-state index contributed by atoms with van der Waals surface area (Å²) in [6.45, 7) is 9.03. The van der Waals surface area contributed by atoms with E-state index in [2.05, 4.69) is 58.3 Å². The van der Waals surface area contributed by atoms with Crippen molar-refractivity contribution >= 4 is 0 Å². The van der Waals surface area contributed by atoms with Gasteiger partial charge >= 0.3 is 0 Å². The monoisotopic (exact) mass is 233 g/mol. The molecule has 0 aromatic heterocycles. The minimum absolute atomic E-state index is 0.647. The lowest BCUT2D eigenvalue weighted by atomic mass is 9.93. The number of benzene rings is 1. The molecule has 0 saturated heterocycles. The number of hydrogen-bond acceptors (Lipinski definition) is 1. The lowest BCUT2D eigenvalue weighted by Crippen LogP contribution is -2.27. The van der Waals surface area contributed by atoms with Gasteiger partial charge in [-0.1, -0.05) is 32.0 Å². The summed E-state index contributed by atoms with van der Waals surface area (Å²) in [4.78, 5) is 0. The molecule has 0 aliphatic carbocycles. The van der Waals surface area contributed by atoms with Gasteiger partial charge in [-0.3, -0.25) is 0 Å². The van der Waals surface area contributed by atoms with Gasteiger partial charge in [0.15, 0.2) is 0 Å². The molecule has 1 aromatic rings. The quantitative estimate of drug-likeness (QED) is 0.786. The maximum Gasteiger partial charge on any atom is 0.00696 e. The summed E-state index contributed by atoms with van der Waals surface area (Å²) in [5.41, 5.74) is 4.41. The van der Waals surface area contributed by atoms with Gasteiger partial charge in [-0.2, -0.15) is 0 Å². The second-order valence-electron chi connectivity index (χ2n) is 5.52. The third-order valence-electron chi connectivity index (χ3n) is 3.55. The minimum atomic E-state index is 0.647. The Kier molecular flexibility index (Phi) is 5.70. The molecular weight excluding hydrogens is 206 g/mol. The van der Waals surface area contributed by atoms with Crippen molar-refractivity contribution in [2.75, 3.05) is 7.05 Å². The predicted molar refractivity (Wildman–Crippen MR) is 76.5 cm³/mol. The molecule has 1 heteroatoms. The second kappa shape index (κ2) is 6.80. The van der Waals surface area contributed by atoms with Crippen LogP contribution in [0.4, 0.5) is 0 Å². The van der Waals surface area contributed by atoms with Crippen molar-refractivity contribution in [3.63, 3.8) is 0 Å². The number of nitrogens with one attached hydrogen (secondary N) is 1. The van der Waals surface area contributed by atoms with E-state index >= 15 is 0 Å². The molecule has 0 saturated carbocycles. The van der Waals surface area contributed by atoms with Gasteiger partial charge in [0, 0.05) is 6.04 Å². The third-order valence-corrected chi connectivity index (χ3v) is 3.55. The Morgan fingerprint density at radius 1 is 1.12 bits per heavy atom. The highest BCUT2D eigenvalue weighted by Crippen LogP contribution is 2.17. The summed E-state index contributed by atoms with van der Waals surface area (Å²) in [6, 6.07) is 7.24. The maximum atomic E-state index is 3.44. The zero-order valence-corrected chi connectivity index (χ0v) is 12.0. The SMILES string of the molecule is CNC(CCc1c(C)cccc1C)CC(C)C. The highest BCUT2D eigenvalue weighted by atomic mass is 14.9. The van der Waals surface area contributed by atoms with E-state index < -0.39 is 0 Å². The average molecular weight is 233 g/mol. The minimum Gasteiger partial charge on any atom is -0.317 e. The molecule has 0 amide bonds. The summed E-state index contributed by atoms with van der Waals surface area (Å²) in [5.74, 6) is 0.769. The normalized spacial score (nSPS) is 13.1. The van der Waals surface area contributed by atoms with Crippen LogP contribution in [0.25, 0.3) is 0 Å². The van der Waals surface area contributed by atoms with Crippen LogP contribution < -0.4 is 5.32 Å². The zero-order valence-electron chi connectivity index (χ0n) is 12.0. The average Bonchev–Trinajstić information content (AvgIpc) is 2.26. The van der Waals surface area contributed by atoms with Crippen molar-refractivity contribution in [1.29, 1.82) is 0 Å². The summed E-state index contributed by atoms with van der Waals surface area (Å²) < 4.78 is 0. The molecule has 0 fully saturated rings. The van der Waals surface area contributed by atoms with Crippen LogP contribution in [0.1, 0.15) is 43.4 Å². The molecule has 0 bridgehead atoms. The Balaban J connectivity index is 2.59. The van der Waals surface area contributed by atoms with E-state index in [1.807, 2.05) is 0 Å². The van der Waals surface area contributed by atoms with Crippen molar-refractivity contribution < 1.29 is 0 Å². The molecule has 0 radical (unpaired) electrons. The summed E-state index contributed by atoms with van der Waals surface area (Å²) >= 11 is 0. The molecule has 1 atom stereocenters. The molecule has 17 heavy (non-hydrogen) atoms. The van der Waals surface area contributed by atoms with Gasteiger partial charge in [-0.05, 0) is 62.8 Å². The fourth-order valence-corrected chi connectivity index (χ4v) is 2.51. The van der Waals surface area contributed by atoms with E-state index in [1.165, 1.54) is 36.0 Å². The Labute approximate surface area is 107 Å². The van der Waals surface area contributed by atoms with E-state index in [4.69, 9.17) is 0 Å². The van der Waals surface area contributed by atoms with Crippen molar-refractivity contribution in [3.8, 4) is 0 Å². The van der Waals surface area contributed by atoms with E-state index in [1.54, 1.807) is 0 Å². The molecule has 1 nitrogen and oxygen atoms in total. The summed E-state index contributed by atoms with van der Waals surface area (Å²) in [5, 5.41) is 3.44. The van der Waals surface area contributed by atoms with E-state index in [0.717, 1.165) is 5.92 Å². The van der Waals surface area contributed by atoms with Crippen molar-refractivity contribution in [2.45, 2.75) is 53.0 Å². The van der Waals surface area contributed by atoms with Crippen LogP contribution in [-0.2, 0) is 6.42 Å². The van der Waals surface area contributed by atoms with Crippen LogP contribution in [0.5, 0.6) is 0 Å². The first kappa shape index (κ1) is 14.2. The number of aryl methyl sites for hydroxylation is 2. The first-order chi connectivity index (χ1) is 8.04. The zero-order chi connectivity index (χ0) is 12.8. The van der Waals surface area contributed by atoms with Gasteiger partial charge < -0.3 is 5.32 Å². The fourth-order valence-electron chi connectivity index (χ4n) is 2.51. The Morgan fingerprint density at radius 3 is 2.18 bits per heavy atom. The van der Waals surface area contributed by atoms with Crippen molar-refractivity contribution in [2.24, 2.45) is 5.92 Å². The van der Waals surface area contributed by atoms with Crippen LogP contribution >= 0.6 is 0 Å². The van der Waals surface area contributed by atoms with Gasteiger partial charge in [0.25, 0.3) is 0 Å². The smallest absolute Gasteiger partial charge is 0.00696 e. The summed E-state index contributed by atoms with van der Waals surface area (Å²) in [6.07, 6.45) is 3.69. The Morgan fingerprint density at radius 2 is 1.71 bits per heavy atom. The second-order valence-corrected chi connectivity index (χ2v) is 5.52. The van der Waals surface area contributed by atoms with Gasteiger partial charge in [-0.25, -0.2) is 0 Å². The van der Waals surface area contributed by atoms with Crippen LogP contribution in [0, 0.1) is 19.8 Å². The molecule has 0 spiro atoms. The Bertz CT molecular complexity index is 321. The first-order valence-corrected chi connectivity index (χ1v) is 6.77. The van der Waals surface area contributed by atoms with Gasteiger partial charge in [0.1, 0.15) is 0 Å². The molecule has 0 heterocycles. The molecule has 96 valence electrons. The fraction of sp³-hybridized carbons (Fsp3) is 0.625. The molecule has 0 aliphatic heterocycles. The Hall–Kier alpha value is -0.820. The molecule has 0 aliphatic rings. The van der Waals surface area contributed by atoms with Gasteiger partial charge in [0.2, 0.25) is 0 Å². The molecule has 1 N–H and O–H groups in total. The molecule has 1 unspecified atom stereocenters. The first-order valence-electron chi connectivity index (χ1n) is 6.77. The molecule has 1 aromatic carbocycles. The molecule has 1 rings (SSSR count).